The number of fused-ring (bicyclic) bond motifs is 1. The van der Waals surface area contributed by atoms with Crippen LogP contribution in [-0.4, -0.2) is 12.3 Å². The van der Waals surface area contributed by atoms with Gasteiger partial charge in [0.15, 0.2) is 5.78 Å². The minimum atomic E-state index is -0.549. The Balaban J connectivity index is 2.52. The molecule has 1 aromatic heterocycles. The summed E-state index contributed by atoms with van der Waals surface area (Å²) in [6, 6.07) is 7.51. The van der Waals surface area contributed by atoms with Crippen LogP contribution < -0.4 is 5.73 Å². The first-order valence-electron chi connectivity index (χ1n) is 5.27. The van der Waals surface area contributed by atoms with E-state index in [2.05, 4.69) is 0 Å². The van der Waals surface area contributed by atoms with Gasteiger partial charge in [0.05, 0.1) is 5.56 Å². The monoisotopic (exact) mass is 217 g/mol. The molecule has 0 bridgehead atoms. The van der Waals surface area contributed by atoms with Crippen LogP contribution in [-0.2, 0) is 0 Å². The van der Waals surface area contributed by atoms with E-state index in [1.54, 1.807) is 0 Å². The fraction of sp³-hybridized carbons (Fsp3) is 0.308. The lowest BCUT2D eigenvalue weighted by Gasteiger charge is -2.19. The van der Waals surface area contributed by atoms with Crippen LogP contribution in [0.4, 0.5) is 0 Å². The van der Waals surface area contributed by atoms with Crippen molar-refractivity contribution >= 4 is 16.8 Å². The molecule has 0 saturated carbocycles. The van der Waals surface area contributed by atoms with Gasteiger partial charge in [0.25, 0.3) is 0 Å². The van der Waals surface area contributed by atoms with Crippen LogP contribution in [0.1, 0.15) is 24.2 Å². The quantitative estimate of drug-likeness (QED) is 0.804. The Morgan fingerprint density at radius 1 is 1.38 bits per heavy atom. The zero-order valence-corrected chi connectivity index (χ0v) is 9.49. The van der Waals surface area contributed by atoms with E-state index in [9.17, 15) is 4.79 Å². The molecule has 0 unspecified atom stereocenters. The van der Waals surface area contributed by atoms with Gasteiger partial charge in [0.1, 0.15) is 11.8 Å². The number of furan rings is 1. The second kappa shape index (κ2) is 3.76. The molecule has 2 N–H and O–H groups in total. The van der Waals surface area contributed by atoms with Crippen molar-refractivity contribution in [1.82, 2.24) is 0 Å². The summed E-state index contributed by atoms with van der Waals surface area (Å²) in [6.45, 7) is 4.01. The topological polar surface area (TPSA) is 56.2 Å². The number of nitrogens with two attached hydrogens (primary N) is 1. The highest BCUT2D eigenvalue weighted by atomic mass is 16.3. The Labute approximate surface area is 94.2 Å². The van der Waals surface area contributed by atoms with Gasteiger partial charge in [-0.15, -0.1) is 0 Å². The first-order chi connectivity index (χ1) is 7.56. The summed E-state index contributed by atoms with van der Waals surface area (Å²) in [5, 5.41) is 0.856. The molecule has 3 nitrogen and oxygen atoms in total. The van der Waals surface area contributed by atoms with Crippen molar-refractivity contribution in [3.05, 3.63) is 36.1 Å². The zero-order chi connectivity index (χ0) is 11.8. The van der Waals surface area contributed by atoms with Crippen molar-refractivity contribution in [1.29, 1.82) is 0 Å². The van der Waals surface area contributed by atoms with E-state index >= 15 is 0 Å². The summed E-state index contributed by atoms with van der Waals surface area (Å²) in [4.78, 5) is 12.2. The van der Waals surface area contributed by atoms with Gasteiger partial charge in [0.2, 0.25) is 0 Å². The number of carbonyl (C=O) groups excluding carboxylic acids is 1. The molecule has 0 aliphatic carbocycles. The third kappa shape index (κ3) is 1.63. The molecule has 0 radical (unpaired) electrons. The van der Waals surface area contributed by atoms with Gasteiger partial charge < -0.3 is 10.2 Å². The maximum atomic E-state index is 12.2. The van der Waals surface area contributed by atoms with Gasteiger partial charge >= 0.3 is 0 Å². The van der Waals surface area contributed by atoms with Gasteiger partial charge in [-0.1, -0.05) is 32.0 Å². The highest BCUT2D eigenvalue weighted by molar-refractivity contribution is 6.09. The fourth-order valence-corrected chi connectivity index (χ4v) is 1.61. The molecule has 84 valence electrons. The number of hydrogen-bond acceptors (Lipinski definition) is 3. The minimum Gasteiger partial charge on any atom is -0.464 e. The Kier molecular flexibility index (Phi) is 2.56. The van der Waals surface area contributed by atoms with E-state index in [-0.39, 0.29) is 5.78 Å². The fourth-order valence-electron chi connectivity index (χ4n) is 1.61. The molecule has 0 atom stereocenters. The predicted molar refractivity (Wildman–Crippen MR) is 63.4 cm³/mol. The van der Waals surface area contributed by atoms with Crippen LogP contribution in [0.2, 0.25) is 0 Å². The van der Waals surface area contributed by atoms with E-state index in [1.807, 2.05) is 38.1 Å². The lowest BCUT2D eigenvalue weighted by molar-refractivity contribution is 0.0848. The largest absolute Gasteiger partial charge is 0.464 e. The van der Waals surface area contributed by atoms with Crippen LogP contribution in [0.25, 0.3) is 11.0 Å². The molecular weight excluding hydrogens is 202 g/mol. The molecule has 0 aliphatic heterocycles. The van der Waals surface area contributed by atoms with Gasteiger partial charge in [0, 0.05) is 17.3 Å². The minimum absolute atomic E-state index is 0.0277. The van der Waals surface area contributed by atoms with Crippen molar-refractivity contribution in [2.24, 2.45) is 11.1 Å². The zero-order valence-electron chi connectivity index (χ0n) is 9.49. The number of hydrogen-bond donors (Lipinski definition) is 1. The molecule has 16 heavy (non-hydrogen) atoms. The average molecular weight is 217 g/mol. The summed E-state index contributed by atoms with van der Waals surface area (Å²) in [7, 11) is 0. The Morgan fingerprint density at radius 2 is 2.06 bits per heavy atom. The highest BCUT2D eigenvalue weighted by Crippen LogP contribution is 2.27. The van der Waals surface area contributed by atoms with Crippen molar-refractivity contribution in [3.63, 3.8) is 0 Å². The number of ketones is 1. The molecular formula is C13H15NO2. The van der Waals surface area contributed by atoms with Crippen molar-refractivity contribution in [2.45, 2.75) is 13.8 Å². The second-order valence-electron chi connectivity index (χ2n) is 4.56. The number of para-hydroxylation sites is 1. The van der Waals surface area contributed by atoms with Crippen LogP contribution in [0, 0.1) is 5.41 Å². The molecule has 0 saturated heterocycles. The summed E-state index contributed by atoms with van der Waals surface area (Å²) in [5.74, 6) is 0.0277. The Morgan fingerprint density at radius 3 is 2.75 bits per heavy atom. The Bertz CT molecular complexity index is 525. The Hall–Kier alpha value is -1.61. The molecule has 1 heterocycles. The smallest absolute Gasteiger partial charge is 0.173 e. The van der Waals surface area contributed by atoms with E-state index in [0.717, 1.165) is 11.0 Å². The number of benzene rings is 1. The summed E-state index contributed by atoms with van der Waals surface area (Å²) in [5.41, 5.74) is 6.41. The standard InChI is InChI=1S/C13H15NO2/c1-13(2,8-14)12(15)10-7-16-11-6-4-3-5-9(10)11/h3-7H,8,14H2,1-2H3. The van der Waals surface area contributed by atoms with Crippen LogP contribution in [0.5, 0.6) is 0 Å². The summed E-state index contributed by atoms with van der Waals surface area (Å²) < 4.78 is 5.35. The van der Waals surface area contributed by atoms with Crippen LogP contribution in [0.3, 0.4) is 0 Å². The summed E-state index contributed by atoms with van der Waals surface area (Å²) in [6.07, 6.45) is 1.52. The molecule has 0 fully saturated rings. The van der Waals surface area contributed by atoms with E-state index in [4.69, 9.17) is 10.2 Å². The molecule has 2 aromatic rings. The third-order valence-corrected chi connectivity index (χ3v) is 2.85. The number of rotatable bonds is 3. The normalized spacial score (nSPS) is 11.9. The molecule has 0 aliphatic rings. The molecule has 0 amide bonds. The first kappa shape index (κ1) is 10.9. The predicted octanol–water partition coefficient (Wildman–Crippen LogP) is 2.60. The van der Waals surface area contributed by atoms with Crippen molar-refractivity contribution in [3.8, 4) is 0 Å². The SMILES string of the molecule is CC(C)(CN)C(=O)c1coc2ccccc12. The second-order valence-corrected chi connectivity index (χ2v) is 4.56. The summed E-state index contributed by atoms with van der Waals surface area (Å²) >= 11 is 0. The van der Waals surface area contributed by atoms with Crippen LogP contribution >= 0.6 is 0 Å². The van der Waals surface area contributed by atoms with Gasteiger partial charge in [-0.25, -0.2) is 0 Å². The lowest BCUT2D eigenvalue weighted by atomic mass is 9.84. The number of carbonyl (C=O) groups is 1. The molecule has 0 spiro atoms. The van der Waals surface area contributed by atoms with E-state index < -0.39 is 5.41 Å². The lowest BCUT2D eigenvalue weighted by Crippen LogP contribution is -2.32. The van der Waals surface area contributed by atoms with Gasteiger partial charge in [-0.3, -0.25) is 4.79 Å². The molecule has 3 heteroatoms. The van der Waals surface area contributed by atoms with Gasteiger partial charge in [-0.05, 0) is 6.07 Å². The van der Waals surface area contributed by atoms with E-state index in [1.165, 1.54) is 6.26 Å². The van der Waals surface area contributed by atoms with Gasteiger partial charge in [-0.2, -0.15) is 0 Å². The van der Waals surface area contributed by atoms with Crippen molar-refractivity contribution < 1.29 is 9.21 Å². The molecule has 2 rings (SSSR count). The molecule has 1 aromatic carbocycles. The van der Waals surface area contributed by atoms with E-state index in [0.29, 0.717) is 12.1 Å². The first-order valence-corrected chi connectivity index (χ1v) is 5.27. The maximum Gasteiger partial charge on any atom is 0.173 e. The van der Waals surface area contributed by atoms with Crippen LogP contribution in [0.15, 0.2) is 34.9 Å². The third-order valence-electron chi connectivity index (χ3n) is 2.85. The number of Topliss-reactive ketones (excluding diaryl/α,β-unsaturated/α-hetero) is 1. The highest BCUT2D eigenvalue weighted by Gasteiger charge is 2.29. The average Bonchev–Trinajstić information content (AvgIpc) is 2.71. The van der Waals surface area contributed by atoms with Crippen molar-refractivity contribution in [2.75, 3.05) is 6.54 Å². The maximum absolute atomic E-state index is 12.2.